The van der Waals surface area contributed by atoms with Crippen LogP contribution in [-0.4, -0.2) is 65.9 Å². The molecule has 0 spiro atoms. The molecule has 0 bridgehead atoms. The normalized spacial score (nSPS) is 19.8. The Bertz CT molecular complexity index is 815. The number of nitrogens with one attached hydrogen (secondary N) is 2. The highest BCUT2D eigenvalue weighted by Gasteiger charge is 2.29. The third-order valence-corrected chi connectivity index (χ3v) is 8.50. The lowest BCUT2D eigenvalue weighted by Crippen LogP contribution is -2.40. The van der Waals surface area contributed by atoms with Gasteiger partial charge >= 0.3 is 0 Å². The van der Waals surface area contributed by atoms with Crippen molar-refractivity contribution in [3.63, 3.8) is 0 Å². The Hall–Kier alpha value is -1.24. The van der Waals surface area contributed by atoms with Crippen molar-refractivity contribution in [1.82, 2.24) is 19.8 Å². The van der Waals surface area contributed by atoms with Gasteiger partial charge in [0.1, 0.15) is 0 Å². The van der Waals surface area contributed by atoms with Crippen LogP contribution in [0.5, 0.6) is 0 Å². The van der Waals surface area contributed by atoms with Crippen LogP contribution in [0.3, 0.4) is 0 Å². The van der Waals surface area contributed by atoms with Gasteiger partial charge in [0.05, 0.1) is 12.0 Å². The van der Waals surface area contributed by atoms with E-state index >= 15 is 0 Å². The number of sulfonamides is 1. The van der Waals surface area contributed by atoms with Crippen LogP contribution in [-0.2, 0) is 19.6 Å². The van der Waals surface area contributed by atoms with E-state index in [9.17, 15) is 18.0 Å². The van der Waals surface area contributed by atoms with Crippen molar-refractivity contribution in [3.05, 3.63) is 0 Å². The predicted molar refractivity (Wildman–Crippen MR) is 113 cm³/mol. The number of thioether (sulfide) groups is 1. The van der Waals surface area contributed by atoms with Crippen LogP contribution in [0.4, 0.5) is 5.13 Å². The van der Waals surface area contributed by atoms with Gasteiger partial charge in [0.2, 0.25) is 27.0 Å². The van der Waals surface area contributed by atoms with Crippen molar-refractivity contribution in [2.45, 2.75) is 55.3 Å². The molecule has 1 saturated heterocycles. The molecule has 1 aliphatic carbocycles. The molecule has 29 heavy (non-hydrogen) atoms. The Labute approximate surface area is 179 Å². The molecule has 3 rings (SSSR count). The second kappa shape index (κ2) is 10.2. The molecule has 0 aromatic carbocycles. The molecule has 2 heterocycles. The number of anilines is 1. The number of piperidine rings is 1. The minimum absolute atomic E-state index is 0.000298. The highest BCUT2D eigenvalue weighted by atomic mass is 32.2. The van der Waals surface area contributed by atoms with E-state index in [4.69, 9.17) is 0 Å². The van der Waals surface area contributed by atoms with Crippen LogP contribution >= 0.6 is 23.1 Å². The average Bonchev–Trinajstić information content (AvgIpc) is 3.14. The quantitative estimate of drug-likeness (QED) is 0.468. The van der Waals surface area contributed by atoms with Gasteiger partial charge in [-0.2, -0.15) is 0 Å². The molecule has 1 aromatic rings. The number of hydrogen-bond acceptors (Lipinski definition) is 8. The summed E-state index contributed by atoms with van der Waals surface area (Å²) in [5, 5.41) is 14.2. The second-order valence-electron chi connectivity index (χ2n) is 7.49. The van der Waals surface area contributed by atoms with Gasteiger partial charge in [-0.1, -0.05) is 42.4 Å². The maximum atomic E-state index is 12.4. The highest BCUT2D eigenvalue weighted by molar-refractivity contribution is 8.01. The standard InChI is InChI=1S/C17H27N5O4S3/c1-29(25,26)22-9-7-12(8-10-22)15(24)19-16-20-21-17(28-16)27-11-14(23)18-13-5-3-2-4-6-13/h12-13H,2-11H2,1H3,(H,18,23)(H,19,20,24). The molecule has 1 saturated carbocycles. The van der Waals surface area contributed by atoms with E-state index in [0.29, 0.717) is 35.4 Å². The molecule has 12 heteroatoms. The molecular formula is C17H27N5O4S3. The van der Waals surface area contributed by atoms with Crippen molar-refractivity contribution in [1.29, 1.82) is 0 Å². The number of rotatable bonds is 7. The van der Waals surface area contributed by atoms with Gasteiger partial charge in [-0.3, -0.25) is 9.59 Å². The molecule has 2 aliphatic rings. The molecule has 1 aliphatic heterocycles. The summed E-state index contributed by atoms with van der Waals surface area (Å²) >= 11 is 2.55. The third-order valence-electron chi connectivity index (χ3n) is 5.23. The fraction of sp³-hybridized carbons (Fsp3) is 0.765. The number of amides is 2. The zero-order valence-corrected chi connectivity index (χ0v) is 18.9. The van der Waals surface area contributed by atoms with Crippen molar-refractivity contribution in [3.8, 4) is 0 Å². The predicted octanol–water partition coefficient (Wildman–Crippen LogP) is 1.69. The molecule has 162 valence electrons. The Morgan fingerprint density at radius 2 is 1.83 bits per heavy atom. The zero-order chi connectivity index (χ0) is 20.9. The maximum Gasteiger partial charge on any atom is 0.230 e. The molecule has 1 aromatic heterocycles. The van der Waals surface area contributed by atoms with Gasteiger partial charge in [-0.15, -0.1) is 10.2 Å². The Kier molecular flexibility index (Phi) is 7.88. The van der Waals surface area contributed by atoms with Gasteiger partial charge in [0.15, 0.2) is 4.34 Å². The van der Waals surface area contributed by atoms with Crippen LogP contribution in [0.15, 0.2) is 4.34 Å². The lowest BCUT2D eigenvalue weighted by atomic mass is 9.95. The van der Waals surface area contributed by atoms with Crippen molar-refractivity contribution in [2.75, 3.05) is 30.4 Å². The molecule has 2 amide bonds. The van der Waals surface area contributed by atoms with Gasteiger partial charge in [-0.25, -0.2) is 12.7 Å². The Balaban J connectivity index is 1.40. The van der Waals surface area contributed by atoms with Gasteiger partial charge in [-0.05, 0) is 25.7 Å². The van der Waals surface area contributed by atoms with E-state index in [-0.39, 0.29) is 29.5 Å². The van der Waals surface area contributed by atoms with Crippen LogP contribution < -0.4 is 10.6 Å². The topological polar surface area (TPSA) is 121 Å². The summed E-state index contributed by atoms with van der Waals surface area (Å²) in [6.07, 6.45) is 7.85. The number of nitrogens with zero attached hydrogens (tertiary/aromatic N) is 3. The largest absolute Gasteiger partial charge is 0.353 e. The van der Waals surface area contributed by atoms with E-state index in [1.54, 1.807) is 0 Å². The first kappa shape index (κ1) is 22.4. The van der Waals surface area contributed by atoms with Gasteiger partial charge < -0.3 is 10.6 Å². The smallest absolute Gasteiger partial charge is 0.230 e. The SMILES string of the molecule is CS(=O)(=O)N1CCC(C(=O)Nc2nnc(SCC(=O)NC3CCCCC3)s2)CC1. The summed E-state index contributed by atoms with van der Waals surface area (Å²) in [5.41, 5.74) is 0. The Morgan fingerprint density at radius 3 is 2.48 bits per heavy atom. The summed E-state index contributed by atoms with van der Waals surface area (Å²) in [6.45, 7) is 0.703. The fourth-order valence-corrected chi connectivity index (χ4v) is 6.06. The van der Waals surface area contributed by atoms with Crippen molar-refractivity contribution >= 4 is 50.1 Å². The second-order valence-corrected chi connectivity index (χ2v) is 11.7. The number of aromatic nitrogens is 2. The van der Waals surface area contributed by atoms with E-state index < -0.39 is 10.0 Å². The fourth-order valence-electron chi connectivity index (χ4n) is 3.62. The third kappa shape index (κ3) is 6.90. The monoisotopic (exact) mass is 461 g/mol. The first-order valence-corrected chi connectivity index (χ1v) is 13.5. The average molecular weight is 462 g/mol. The van der Waals surface area contributed by atoms with Crippen LogP contribution in [0, 0.1) is 5.92 Å². The summed E-state index contributed by atoms with van der Waals surface area (Å²) in [4.78, 5) is 24.5. The van der Waals surface area contributed by atoms with Crippen molar-refractivity contribution < 1.29 is 18.0 Å². The van der Waals surface area contributed by atoms with Crippen LogP contribution in [0.1, 0.15) is 44.9 Å². The lowest BCUT2D eigenvalue weighted by molar-refractivity contribution is -0.121. The number of carbonyl (C=O) groups excluding carboxylic acids is 2. The molecule has 2 N–H and O–H groups in total. The van der Waals surface area contributed by atoms with E-state index in [1.807, 2.05) is 0 Å². The molecular weight excluding hydrogens is 434 g/mol. The van der Waals surface area contributed by atoms with Gasteiger partial charge in [0.25, 0.3) is 0 Å². The molecule has 0 unspecified atom stereocenters. The van der Waals surface area contributed by atoms with E-state index in [1.165, 1.54) is 52.9 Å². The minimum atomic E-state index is -3.21. The highest BCUT2D eigenvalue weighted by Crippen LogP contribution is 2.27. The molecule has 2 fully saturated rings. The zero-order valence-electron chi connectivity index (χ0n) is 16.4. The Morgan fingerprint density at radius 1 is 1.14 bits per heavy atom. The minimum Gasteiger partial charge on any atom is -0.353 e. The van der Waals surface area contributed by atoms with Crippen LogP contribution in [0.25, 0.3) is 0 Å². The summed E-state index contributed by atoms with van der Waals surface area (Å²) < 4.78 is 25.1. The molecule has 0 atom stereocenters. The molecule has 9 nitrogen and oxygen atoms in total. The number of hydrogen-bond donors (Lipinski definition) is 2. The van der Waals surface area contributed by atoms with E-state index in [0.717, 1.165) is 12.8 Å². The number of carbonyl (C=O) groups is 2. The van der Waals surface area contributed by atoms with Crippen molar-refractivity contribution in [2.24, 2.45) is 5.92 Å². The summed E-state index contributed by atoms with van der Waals surface area (Å²) in [6, 6.07) is 0.287. The first-order valence-electron chi connectivity index (χ1n) is 9.83. The first-order chi connectivity index (χ1) is 13.8. The summed E-state index contributed by atoms with van der Waals surface area (Å²) in [7, 11) is -3.21. The summed E-state index contributed by atoms with van der Waals surface area (Å²) in [5.74, 6) is -0.126. The maximum absolute atomic E-state index is 12.4. The lowest BCUT2D eigenvalue weighted by Gasteiger charge is -2.29. The van der Waals surface area contributed by atoms with Crippen LogP contribution in [0.2, 0.25) is 0 Å². The molecule has 0 radical (unpaired) electrons. The van der Waals surface area contributed by atoms with Gasteiger partial charge in [0, 0.05) is 25.0 Å². The van der Waals surface area contributed by atoms with E-state index in [2.05, 4.69) is 20.8 Å².